The quantitative estimate of drug-likeness (QED) is 0.637. The molecule has 1 aliphatic rings. The molecule has 0 spiro atoms. The van der Waals surface area contributed by atoms with Crippen LogP contribution >= 0.6 is 0 Å². The third-order valence-electron chi connectivity index (χ3n) is 3.58. The summed E-state index contributed by atoms with van der Waals surface area (Å²) in [6, 6.07) is 14.1. The van der Waals surface area contributed by atoms with E-state index in [0.717, 1.165) is 5.56 Å². The molecule has 2 amide bonds. The van der Waals surface area contributed by atoms with Gasteiger partial charge in [0.2, 0.25) is 5.91 Å². The lowest BCUT2D eigenvalue weighted by molar-refractivity contribution is -0.119. The van der Waals surface area contributed by atoms with Crippen molar-refractivity contribution in [3.05, 3.63) is 59.7 Å². The number of para-hydroxylation sites is 1. The molecule has 0 aromatic heterocycles. The molecule has 20 heavy (non-hydrogen) atoms. The predicted molar refractivity (Wildman–Crippen MR) is 77.5 cm³/mol. The lowest BCUT2D eigenvalue weighted by Crippen LogP contribution is -2.44. The number of carbonyl (C=O) groups is 2. The van der Waals surface area contributed by atoms with Gasteiger partial charge in [-0.05, 0) is 36.8 Å². The van der Waals surface area contributed by atoms with Gasteiger partial charge in [0.25, 0.3) is 5.91 Å². The summed E-state index contributed by atoms with van der Waals surface area (Å²) in [6.45, 7) is 1.81. The Kier molecular flexibility index (Phi) is 2.79. The summed E-state index contributed by atoms with van der Waals surface area (Å²) >= 11 is 0. The van der Waals surface area contributed by atoms with Gasteiger partial charge in [0.05, 0.1) is 11.6 Å². The zero-order valence-electron chi connectivity index (χ0n) is 11.0. The minimum atomic E-state index is -0.358. The Morgan fingerprint density at radius 2 is 1.75 bits per heavy atom. The smallest absolute Gasteiger partial charge is 0.265 e. The van der Waals surface area contributed by atoms with Crippen molar-refractivity contribution in [1.82, 2.24) is 0 Å². The molecule has 1 aliphatic heterocycles. The van der Waals surface area contributed by atoms with E-state index in [9.17, 15) is 9.59 Å². The summed E-state index contributed by atoms with van der Waals surface area (Å²) in [5.74, 6) is -0.886. The standard InChI is InChI=1S/C16H14N2O2/c1-10-13-8-7-11(17)9-14(13)16(20)18(15(10)19)12-5-3-2-4-6-12/h2-10H,17H2,1H3. The molecule has 1 atom stereocenters. The number of hydrogen-bond donors (Lipinski definition) is 1. The van der Waals surface area contributed by atoms with Crippen LogP contribution < -0.4 is 10.6 Å². The molecule has 3 rings (SSSR count). The number of nitrogen functional groups attached to an aromatic ring is 1. The second-order valence-electron chi connectivity index (χ2n) is 4.88. The van der Waals surface area contributed by atoms with Crippen molar-refractivity contribution in [2.45, 2.75) is 12.8 Å². The van der Waals surface area contributed by atoms with E-state index in [0.29, 0.717) is 16.9 Å². The number of amides is 2. The molecule has 1 heterocycles. The van der Waals surface area contributed by atoms with Crippen LogP contribution in [0.15, 0.2) is 48.5 Å². The van der Waals surface area contributed by atoms with Crippen LogP contribution in [-0.4, -0.2) is 11.8 Å². The lowest BCUT2D eigenvalue weighted by Gasteiger charge is -2.31. The van der Waals surface area contributed by atoms with Crippen molar-refractivity contribution in [1.29, 1.82) is 0 Å². The van der Waals surface area contributed by atoms with Gasteiger partial charge in [0.15, 0.2) is 0 Å². The summed E-state index contributed by atoms with van der Waals surface area (Å²) in [4.78, 5) is 26.3. The first-order valence-electron chi connectivity index (χ1n) is 6.42. The molecule has 0 saturated carbocycles. The highest BCUT2D eigenvalue weighted by Gasteiger charge is 2.37. The first-order chi connectivity index (χ1) is 9.59. The van der Waals surface area contributed by atoms with Gasteiger partial charge in [0, 0.05) is 11.3 Å². The maximum Gasteiger partial charge on any atom is 0.265 e. The number of nitrogens with zero attached hydrogens (tertiary/aromatic N) is 1. The first kappa shape index (κ1) is 12.4. The zero-order valence-corrected chi connectivity index (χ0v) is 11.0. The van der Waals surface area contributed by atoms with Crippen LogP contribution in [0.5, 0.6) is 0 Å². The molecule has 4 nitrogen and oxygen atoms in total. The Hall–Kier alpha value is -2.62. The first-order valence-corrected chi connectivity index (χ1v) is 6.42. The third kappa shape index (κ3) is 1.77. The van der Waals surface area contributed by atoms with Crippen LogP contribution in [0.4, 0.5) is 11.4 Å². The predicted octanol–water partition coefficient (Wildman–Crippen LogP) is 2.56. The van der Waals surface area contributed by atoms with Gasteiger partial charge in [-0.3, -0.25) is 9.59 Å². The highest BCUT2D eigenvalue weighted by molar-refractivity contribution is 6.26. The number of rotatable bonds is 1. The molecule has 100 valence electrons. The van der Waals surface area contributed by atoms with Crippen LogP contribution in [0.2, 0.25) is 0 Å². The molecule has 2 aromatic carbocycles. The molecule has 2 N–H and O–H groups in total. The van der Waals surface area contributed by atoms with Gasteiger partial charge < -0.3 is 5.73 Å². The third-order valence-corrected chi connectivity index (χ3v) is 3.58. The minimum Gasteiger partial charge on any atom is -0.399 e. The van der Waals surface area contributed by atoms with E-state index in [4.69, 9.17) is 5.73 Å². The molecule has 0 aliphatic carbocycles. The van der Waals surface area contributed by atoms with E-state index in [1.165, 1.54) is 4.90 Å². The average Bonchev–Trinajstić information content (AvgIpc) is 2.46. The number of benzene rings is 2. The molecule has 1 unspecified atom stereocenters. The van der Waals surface area contributed by atoms with E-state index in [-0.39, 0.29) is 17.7 Å². The number of nitrogens with two attached hydrogens (primary N) is 1. The SMILES string of the molecule is CC1C(=O)N(c2ccccc2)C(=O)c2cc(N)ccc21. The Morgan fingerprint density at radius 1 is 1.05 bits per heavy atom. The van der Waals surface area contributed by atoms with Crippen molar-refractivity contribution in [2.75, 3.05) is 10.6 Å². The van der Waals surface area contributed by atoms with Crippen molar-refractivity contribution in [3.8, 4) is 0 Å². The maximum absolute atomic E-state index is 12.6. The van der Waals surface area contributed by atoms with Crippen LogP contribution in [-0.2, 0) is 4.79 Å². The number of imide groups is 1. The fraction of sp³-hybridized carbons (Fsp3) is 0.125. The Labute approximate surface area is 116 Å². The monoisotopic (exact) mass is 266 g/mol. The Bertz CT molecular complexity index is 695. The topological polar surface area (TPSA) is 63.4 Å². The maximum atomic E-state index is 12.6. The van der Waals surface area contributed by atoms with Crippen LogP contribution in [0.1, 0.15) is 28.8 Å². The van der Waals surface area contributed by atoms with E-state index >= 15 is 0 Å². The fourth-order valence-corrected chi connectivity index (χ4v) is 2.51. The Balaban J connectivity index is 2.16. The van der Waals surface area contributed by atoms with E-state index in [1.54, 1.807) is 49.4 Å². The normalized spacial score (nSPS) is 18.1. The summed E-state index contributed by atoms with van der Waals surface area (Å²) in [5.41, 5.74) is 8.10. The largest absolute Gasteiger partial charge is 0.399 e. The van der Waals surface area contributed by atoms with Gasteiger partial charge in [0.1, 0.15) is 0 Å². The fourth-order valence-electron chi connectivity index (χ4n) is 2.51. The minimum absolute atomic E-state index is 0.210. The number of hydrogen-bond acceptors (Lipinski definition) is 3. The van der Waals surface area contributed by atoms with E-state index in [1.807, 2.05) is 6.07 Å². The van der Waals surface area contributed by atoms with Gasteiger partial charge >= 0.3 is 0 Å². The van der Waals surface area contributed by atoms with Gasteiger partial charge in [-0.1, -0.05) is 24.3 Å². The molecular weight excluding hydrogens is 252 g/mol. The van der Waals surface area contributed by atoms with Crippen molar-refractivity contribution in [3.63, 3.8) is 0 Å². The second kappa shape index (κ2) is 4.49. The van der Waals surface area contributed by atoms with Gasteiger partial charge in [-0.2, -0.15) is 0 Å². The van der Waals surface area contributed by atoms with Crippen molar-refractivity contribution >= 4 is 23.2 Å². The molecular formula is C16H14N2O2. The number of anilines is 2. The highest BCUT2D eigenvalue weighted by atomic mass is 16.2. The molecule has 0 saturated heterocycles. The average molecular weight is 266 g/mol. The highest BCUT2D eigenvalue weighted by Crippen LogP contribution is 2.33. The summed E-state index contributed by atoms with van der Waals surface area (Å²) in [7, 11) is 0. The number of carbonyl (C=O) groups excluding carboxylic acids is 2. The second-order valence-corrected chi connectivity index (χ2v) is 4.88. The van der Waals surface area contributed by atoms with Crippen LogP contribution in [0.3, 0.4) is 0 Å². The number of fused-ring (bicyclic) bond motifs is 1. The van der Waals surface area contributed by atoms with Gasteiger partial charge in [-0.15, -0.1) is 0 Å². The molecule has 0 radical (unpaired) electrons. The van der Waals surface area contributed by atoms with E-state index < -0.39 is 0 Å². The molecule has 2 aromatic rings. The summed E-state index contributed by atoms with van der Waals surface area (Å²) in [5, 5.41) is 0. The Morgan fingerprint density at radius 3 is 2.45 bits per heavy atom. The van der Waals surface area contributed by atoms with Crippen LogP contribution in [0, 0.1) is 0 Å². The van der Waals surface area contributed by atoms with Crippen molar-refractivity contribution in [2.24, 2.45) is 0 Å². The van der Waals surface area contributed by atoms with Crippen molar-refractivity contribution < 1.29 is 9.59 Å². The van der Waals surface area contributed by atoms with Gasteiger partial charge in [-0.25, -0.2) is 4.90 Å². The summed E-state index contributed by atoms with van der Waals surface area (Å²) < 4.78 is 0. The molecule has 4 heteroatoms. The summed E-state index contributed by atoms with van der Waals surface area (Å²) in [6.07, 6.45) is 0. The molecule has 0 fully saturated rings. The molecule has 0 bridgehead atoms. The zero-order chi connectivity index (χ0) is 14.3. The lowest BCUT2D eigenvalue weighted by atomic mass is 9.89. The van der Waals surface area contributed by atoms with E-state index in [2.05, 4.69) is 0 Å². The van der Waals surface area contributed by atoms with Crippen LogP contribution in [0.25, 0.3) is 0 Å².